The molecule has 0 aliphatic heterocycles. The fraction of sp³-hybridized carbons (Fsp3) is 0.211. The number of hydrogen-bond donors (Lipinski definition) is 1. The highest BCUT2D eigenvalue weighted by Crippen LogP contribution is 2.29. The van der Waals surface area contributed by atoms with Crippen LogP contribution in [0.15, 0.2) is 48.7 Å². The van der Waals surface area contributed by atoms with Crippen molar-refractivity contribution in [3.8, 4) is 0 Å². The summed E-state index contributed by atoms with van der Waals surface area (Å²) in [6.45, 7) is 6.23. The summed E-state index contributed by atoms with van der Waals surface area (Å²) < 4.78 is 0. The number of aliphatic hydroxyl groups excluding tert-OH is 1. The van der Waals surface area contributed by atoms with Gasteiger partial charge in [-0.15, -0.1) is 0 Å². The molecule has 1 N–H and O–H groups in total. The number of nitrogens with zero attached hydrogens (tertiary/aromatic N) is 1. The van der Waals surface area contributed by atoms with Crippen molar-refractivity contribution in [2.24, 2.45) is 0 Å². The van der Waals surface area contributed by atoms with Crippen molar-refractivity contribution in [1.82, 2.24) is 4.98 Å². The van der Waals surface area contributed by atoms with E-state index in [2.05, 4.69) is 31.0 Å². The van der Waals surface area contributed by atoms with E-state index < -0.39 is 6.10 Å². The summed E-state index contributed by atoms with van der Waals surface area (Å²) >= 11 is 0. The summed E-state index contributed by atoms with van der Waals surface area (Å²) in [5.41, 5.74) is 5.25. The summed E-state index contributed by atoms with van der Waals surface area (Å²) in [7, 11) is 0. The van der Waals surface area contributed by atoms with Crippen molar-refractivity contribution in [3.05, 3.63) is 76.6 Å². The number of aryl methyl sites for hydroxylation is 3. The van der Waals surface area contributed by atoms with E-state index in [-0.39, 0.29) is 0 Å². The van der Waals surface area contributed by atoms with Crippen molar-refractivity contribution in [2.75, 3.05) is 0 Å². The second-order valence-electron chi connectivity index (χ2n) is 5.67. The first-order chi connectivity index (χ1) is 10.1. The van der Waals surface area contributed by atoms with Crippen LogP contribution in [-0.4, -0.2) is 10.1 Å². The van der Waals surface area contributed by atoms with Gasteiger partial charge in [-0.2, -0.15) is 0 Å². The first kappa shape index (κ1) is 13.8. The molecule has 0 aliphatic rings. The molecule has 0 spiro atoms. The molecule has 0 aliphatic carbocycles. The van der Waals surface area contributed by atoms with E-state index in [0.717, 1.165) is 22.0 Å². The molecule has 3 aromatic rings. The van der Waals surface area contributed by atoms with E-state index in [9.17, 15) is 5.11 Å². The number of fused-ring (bicyclic) bond motifs is 1. The molecule has 1 atom stereocenters. The zero-order chi connectivity index (χ0) is 15.0. The molecule has 2 heteroatoms. The molecule has 2 nitrogen and oxygen atoms in total. The minimum atomic E-state index is -0.698. The zero-order valence-corrected chi connectivity index (χ0v) is 12.6. The van der Waals surface area contributed by atoms with Gasteiger partial charge in [0.05, 0.1) is 5.69 Å². The van der Waals surface area contributed by atoms with E-state index in [4.69, 9.17) is 0 Å². The Bertz CT molecular complexity index is 791. The second kappa shape index (κ2) is 5.30. The van der Waals surface area contributed by atoms with Crippen molar-refractivity contribution < 1.29 is 5.11 Å². The van der Waals surface area contributed by atoms with E-state index >= 15 is 0 Å². The Morgan fingerprint density at radius 2 is 1.57 bits per heavy atom. The lowest BCUT2D eigenvalue weighted by Gasteiger charge is -2.14. The molecular formula is C19H19NO. The van der Waals surface area contributed by atoms with Crippen LogP contribution in [0, 0.1) is 20.8 Å². The van der Waals surface area contributed by atoms with E-state index in [0.29, 0.717) is 0 Å². The third kappa shape index (κ3) is 2.55. The summed E-state index contributed by atoms with van der Waals surface area (Å²) in [4.78, 5) is 4.43. The summed E-state index contributed by atoms with van der Waals surface area (Å²) in [5, 5.41) is 12.8. The van der Waals surface area contributed by atoms with Gasteiger partial charge in [0.25, 0.3) is 0 Å². The number of rotatable bonds is 2. The average Bonchev–Trinajstić information content (AvgIpc) is 2.48. The maximum atomic E-state index is 10.7. The maximum Gasteiger partial charge on any atom is 0.122 e. The van der Waals surface area contributed by atoms with Gasteiger partial charge >= 0.3 is 0 Å². The minimum Gasteiger partial charge on any atom is -0.382 e. The van der Waals surface area contributed by atoms with Gasteiger partial charge in [0.15, 0.2) is 0 Å². The summed E-state index contributed by atoms with van der Waals surface area (Å²) in [6, 6.07) is 14.2. The third-order valence-electron chi connectivity index (χ3n) is 4.06. The van der Waals surface area contributed by atoms with Crippen molar-refractivity contribution in [1.29, 1.82) is 0 Å². The van der Waals surface area contributed by atoms with Gasteiger partial charge < -0.3 is 5.11 Å². The van der Waals surface area contributed by atoms with Gasteiger partial charge in [0, 0.05) is 11.6 Å². The quantitative estimate of drug-likeness (QED) is 0.760. The van der Waals surface area contributed by atoms with Crippen LogP contribution in [0.25, 0.3) is 10.8 Å². The Kier molecular flexibility index (Phi) is 3.48. The van der Waals surface area contributed by atoms with Crippen LogP contribution in [-0.2, 0) is 0 Å². The molecule has 0 amide bonds. The Morgan fingerprint density at radius 3 is 2.29 bits per heavy atom. The lowest BCUT2D eigenvalue weighted by Crippen LogP contribution is -2.03. The predicted octanol–water partition coefficient (Wildman–Crippen LogP) is 4.24. The van der Waals surface area contributed by atoms with Crippen molar-refractivity contribution >= 4 is 10.8 Å². The Balaban J connectivity index is 2.15. The number of pyridine rings is 1. The van der Waals surface area contributed by atoms with Gasteiger partial charge in [0.1, 0.15) is 6.10 Å². The number of benzene rings is 2. The highest BCUT2D eigenvalue weighted by molar-refractivity contribution is 5.86. The molecule has 3 rings (SSSR count). The summed E-state index contributed by atoms with van der Waals surface area (Å²) in [6.07, 6.45) is 1.07. The Hall–Kier alpha value is -2.19. The molecule has 1 unspecified atom stereocenters. The molecule has 0 saturated carbocycles. The monoisotopic (exact) mass is 277 g/mol. The van der Waals surface area contributed by atoms with Gasteiger partial charge in [-0.05, 0) is 55.0 Å². The molecule has 0 fully saturated rings. The third-order valence-corrected chi connectivity index (χ3v) is 4.06. The van der Waals surface area contributed by atoms with Gasteiger partial charge in [-0.1, -0.05) is 35.9 Å². The van der Waals surface area contributed by atoms with Crippen LogP contribution >= 0.6 is 0 Å². The molecule has 1 aromatic heterocycles. The van der Waals surface area contributed by atoms with Gasteiger partial charge in [-0.3, -0.25) is 4.98 Å². The molecular weight excluding hydrogens is 258 g/mol. The van der Waals surface area contributed by atoms with Crippen molar-refractivity contribution in [2.45, 2.75) is 26.9 Å². The molecule has 0 saturated heterocycles. The second-order valence-corrected chi connectivity index (χ2v) is 5.67. The summed E-state index contributed by atoms with van der Waals surface area (Å²) in [5.74, 6) is 0. The minimum absolute atomic E-state index is 0.698. The largest absolute Gasteiger partial charge is 0.382 e. The highest BCUT2D eigenvalue weighted by atomic mass is 16.3. The van der Waals surface area contributed by atoms with Crippen LogP contribution in [0.1, 0.15) is 34.1 Å². The molecule has 2 aromatic carbocycles. The van der Waals surface area contributed by atoms with E-state index in [1.54, 1.807) is 6.20 Å². The Morgan fingerprint density at radius 1 is 0.905 bits per heavy atom. The lowest BCUT2D eigenvalue weighted by atomic mass is 9.97. The van der Waals surface area contributed by atoms with E-state index in [1.807, 2.05) is 37.3 Å². The normalized spacial score (nSPS) is 12.6. The first-order valence-corrected chi connectivity index (χ1v) is 7.17. The fourth-order valence-electron chi connectivity index (χ4n) is 2.59. The number of aromatic nitrogens is 1. The lowest BCUT2D eigenvalue weighted by molar-refractivity contribution is 0.217. The highest BCUT2D eigenvalue weighted by Gasteiger charge is 2.15. The fourth-order valence-corrected chi connectivity index (χ4v) is 2.59. The van der Waals surface area contributed by atoms with Gasteiger partial charge in [0.2, 0.25) is 0 Å². The van der Waals surface area contributed by atoms with Crippen LogP contribution in [0.2, 0.25) is 0 Å². The molecule has 21 heavy (non-hydrogen) atoms. The first-order valence-electron chi connectivity index (χ1n) is 7.17. The molecule has 0 bridgehead atoms. The predicted molar refractivity (Wildman–Crippen MR) is 86.5 cm³/mol. The van der Waals surface area contributed by atoms with Crippen molar-refractivity contribution in [3.63, 3.8) is 0 Å². The van der Waals surface area contributed by atoms with Crippen LogP contribution < -0.4 is 0 Å². The molecule has 1 heterocycles. The Labute approximate surface area is 125 Å². The van der Waals surface area contributed by atoms with Gasteiger partial charge in [-0.25, -0.2) is 0 Å². The maximum absolute atomic E-state index is 10.7. The molecule has 106 valence electrons. The smallest absolute Gasteiger partial charge is 0.122 e. The standard InChI is InChI=1S/C19H19NO/c1-12-4-6-15(7-5-12)19(21)18-17-11-14(3)13(2)10-16(17)8-9-20-18/h4-11,19,21H,1-3H3. The number of hydrogen-bond acceptors (Lipinski definition) is 2. The zero-order valence-electron chi connectivity index (χ0n) is 12.6. The SMILES string of the molecule is Cc1ccc(C(O)c2nccc3cc(C)c(C)cc23)cc1. The van der Waals surface area contributed by atoms with Crippen LogP contribution in [0.4, 0.5) is 0 Å². The average molecular weight is 277 g/mol. The topological polar surface area (TPSA) is 33.1 Å². The van der Waals surface area contributed by atoms with Crippen LogP contribution in [0.5, 0.6) is 0 Å². The number of aliphatic hydroxyl groups is 1. The molecule has 0 radical (unpaired) electrons. The van der Waals surface area contributed by atoms with E-state index in [1.165, 1.54) is 16.7 Å². The van der Waals surface area contributed by atoms with Crippen LogP contribution in [0.3, 0.4) is 0 Å².